The second kappa shape index (κ2) is 4.62. The Morgan fingerprint density at radius 3 is 2.89 bits per heavy atom. The number of aromatic nitrogens is 2. The van der Waals surface area contributed by atoms with Crippen molar-refractivity contribution in [3.05, 3.63) is 39.4 Å². The third kappa shape index (κ3) is 2.05. The average molecular weight is 278 g/mol. The molecule has 1 saturated carbocycles. The van der Waals surface area contributed by atoms with Crippen LogP contribution in [0.2, 0.25) is 5.02 Å². The Hall–Kier alpha value is -1.39. The molecule has 0 saturated heterocycles. The Kier molecular flexibility index (Phi) is 3.07. The van der Waals surface area contributed by atoms with Gasteiger partial charge in [-0.15, -0.1) is 0 Å². The zero-order valence-corrected chi connectivity index (χ0v) is 11.5. The van der Waals surface area contributed by atoms with Gasteiger partial charge in [0.1, 0.15) is 5.82 Å². The molecule has 0 radical (unpaired) electrons. The number of nitrogens with two attached hydrogens (primary N) is 1. The van der Waals surface area contributed by atoms with Gasteiger partial charge in [-0.3, -0.25) is 9.36 Å². The van der Waals surface area contributed by atoms with Crippen LogP contribution in [-0.2, 0) is 0 Å². The Balaban J connectivity index is 2.37. The molecule has 19 heavy (non-hydrogen) atoms. The van der Waals surface area contributed by atoms with E-state index < -0.39 is 0 Å². The molecule has 1 heterocycles. The zero-order chi connectivity index (χ0) is 13.6. The van der Waals surface area contributed by atoms with Gasteiger partial charge in [0.25, 0.3) is 5.56 Å². The highest BCUT2D eigenvalue weighted by atomic mass is 35.5. The van der Waals surface area contributed by atoms with Gasteiger partial charge in [-0.25, -0.2) is 4.98 Å². The molecule has 1 aromatic heterocycles. The van der Waals surface area contributed by atoms with Gasteiger partial charge in [-0.1, -0.05) is 24.6 Å². The lowest BCUT2D eigenvalue weighted by Gasteiger charge is -2.17. The lowest BCUT2D eigenvalue weighted by atomic mass is 10.2. The highest BCUT2D eigenvalue weighted by Crippen LogP contribution is 2.36. The molecule has 2 aromatic rings. The van der Waals surface area contributed by atoms with Crippen molar-refractivity contribution in [3.63, 3.8) is 0 Å². The number of rotatable bonds is 3. The number of nitrogens with zero attached hydrogens (tertiary/aromatic N) is 2. The van der Waals surface area contributed by atoms with Gasteiger partial charge in [-0.05, 0) is 31.4 Å². The highest BCUT2D eigenvalue weighted by molar-refractivity contribution is 6.35. The van der Waals surface area contributed by atoms with E-state index in [1.807, 2.05) is 13.0 Å². The first kappa shape index (κ1) is 12.6. The molecule has 2 N–H and O–H groups in total. The number of benzene rings is 1. The second-order valence-electron chi connectivity index (χ2n) is 5.03. The summed E-state index contributed by atoms with van der Waals surface area (Å²) in [6.07, 6.45) is 2.78. The number of fused-ring (bicyclic) bond motifs is 1. The van der Waals surface area contributed by atoms with E-state index in [1.54, 1.807) is 16.7 Å². The van der Waals surface area contributed by atoms with Crippen molar-refractivity contribution in [2.45, 2.75) is 38.3 Å². The summed E-state index contributed by atoms with van der Waals surface area (Å²) in [6.45, 7) is 2.00. The third-order valence-electron chi connectivity index (χ3n) is 3.59. The molecule has 1 aromatic carbocycles. The molecule has 1 fully saturated rings. The molecule has 100 valence electrons. The first-order valence-corrected chi connectivity index (χ1v) is 6.97. The van der Waals surface area contributed by atoms with Gasteiger partial charge in [0.05, 0.1) is 22.0 Å². The Morgan fingerprint density at radius 2 is 2.26 bits per heavy atom. The predicted octanol–water partition coefficient (Wildman–Crippen LogP) is 2.79. The molecule has 4 nitrogen and oxygen atoms in total. The number of hydrogen-bond acceptors (Lipinski definition) is 3. The van der Waals surface area contributed by atoms with Gasteiger partial charge in [0.15, 0.2) is 0 Å². The Morgan fingerprint density at radius 1 is 1.53 bits per heavy atom. The molecule has 5 heteroatoms. The molecule has 1 unspecified atom stereocenters. The standard InChI is InChI=1S/C14H16ClN3O/c1-2-10(16)13-17-11-5-3-4-9(15)12(11)14(19)18(13)8-6-7-8/h3-5,8,10H,2,6-7,16H2,1H3. The third-order valence-corrected chi connectivity index (χ3v) is 3.90. The van der Waals surface area contributed by atoms with Gasteiger partial charge in [-0.2, -0.15) is 0 Å². The zero-order valence-electron chi connectivity index (χ0n) is 10.8. The molecular formula is C14H16ClN3O. The Labute approximate surface area is 116 Å². The highest BCUT2D eigenvalue weighted by Gasteiger charge is 2.30. The topological polar surface area (TPSA) is 60.9 Å². The first-order chi connectivity index (χ1) is 9.13. The van der Waals surface area contributed by atoms with Crippen LogP contribution in [0.5, 0.6) is 0 Å². The quantitative estimate of drug-likeness (QED) is 0.938. The van der Waals surface area contributed by atoms with Gasteiger partial charge >= 0.3 is 0 Å². The minimum Gasteiger partial charge on any atom is -0.321 e. The monoisotopic (exact) mass is 277 g/mol. The van der Waals surface area contributed by atoms with Crippen molar-refractivity contribution >= 4 is 22.5 Å². The first-order valence-electron chi connectivity index (χ1n) is 6.59. The van der Waals surface area contributed by atoms with E-state index in [-0.39, 0.29) is 17.6 Å². The van der Waals surface area contributed by atoms with Crippen LogP contribution >= 0.6 is 11.6 Å². The van der Waals surface area contributed by atoms with Crippen LogP contribution in [0.1, 0.15) is 44.1 Å². The van der Waals surface area contributed by atoms with Crippen molar-refractivity contribution in [2.24, 2.45) is 5.73 Å². The minimum atomic E-state index is -0.211. The van der Waals surface area contributed by atoms with Crippen LogP contribution in [0.15, 0.2) is 23.0 Å². The second-order valence-corrected chi connectivity index (χ2v) is 5.43. The van der Waals surface area contributed by atoms with Crippen molar-refractivity contribution in [1.29, 1.82) is 0 Å². The van der Waals surface area contributed by atoms with Crippen LogP contribution in [-0.4, -0.2) is 9.55 Å². The van der Waals surface area contributed by atoms with E-state index >= 15 is 0 Å². The van der Waals surface area contributed by atoms with Crippen LogP contribution in [0.4, 0.5) is 0 Å². The predicted molar refractivity (Wildman–Crippen MR) is 76.5 cm³/mol. The fraction of sp³-hybridized carbons (Fsp3) is 0.429. The fourth-order valence-corrected chi connectivity index (χ4v) is 2.60. The lowest BCUT2D eigenvalue weighted by Crippen LogP contribution is -2.29. The van der Waals surface area contributed by atoms with Crippen molar-refractivity contribution in [1.82, 2.24) is 9.55 Å². The largest absolute Gasteiger partial charge is 0.321 e. The van der Waals surface area contributed by atoms with E-state index in [4.69, 9.17) is 17.3 Å². The van der Waals surface area contributed by atoms with Gasteiger partial charge in [0, 0.05) is 6.04 Å². The molecule has 1 aliphatic rings. The Bertz CT molecular complexity index is 691. The minimum absolute atomic E-state index is 0.0583. The molecule has 0 bridgehead atoms. The number of hydrogen-bond donors (Lipinski definition) is 1. The van der Waals surface area contributed by atoms with E-state index in [9.17, 15) is 4.79 Å². The molecule has 0 amide bonds. The summed E-state index contributed by atoms with van der Waals surface area (Å²) < 4.78 is 1.75. The summed E-state index contributed by atoms with van der Waals surface area (Å²) in [5, 5.41) is 0.962. The fourth-order valence-electron chi connectivity index (χ4n) is 2.35. The molecular weight excluding hydrogens is 262 g/mol. The van der Waals surface area contributed by atoms with Crippen LogP contribution in [0, 0.1) is 0 Å². The maximum Gasteiger partial charge on any atom is 0.263 e. The molecule has 0 aliphatic heterocycles. The summed E-state index contributed by atoms with van der Waals surface area (Å²) in [5.74, 6) is 0.685. The van der Waals surface area contributed by atoms with E-state index in [0.717, 1.165) is 19.3 Å². The van der Waals surface area contributed by atoms with Crippen LogP contribution in [0.3, 0.4) is 0 Å². The summed E-state index contributed by atoms with van der Waals surface area (Å²) in [6, 6.07) is 5.37. The van der Waals surface area contributed by atoms with Crippen molar-refractivity contribution in [3.8, 4) is 0 Å². The van der Waals surface area contributed by atoms with Gasteiger partial charge in [0.2, 0.25) is 0 Å². The summed E-state index contributed by atoms with van der Waals surface area (Å²) in [5.41, 5.74) is 6.68. The van der Waals surface area contributed by atoms with Gasteiger partial charge < -0.3 is 5.73 Å². The van der Waals surface area contributed by atoms with E-state index in [2.05, 4.69) is 4.98 Å². The maximum absolute atomic E-state index is 12.7. The summed E-state index contributed by atoms with van der Waals surface area (Å²) in [4.78, 5) is 17.2. The lowest BCUT2D eigenvalue weighted by molar-refractivity contribution is 0.558. The van der Waals surface area contributed by atoms with E-state index in [0.29, 0.717) is 21.7 Å². The number of halogens is 1. The average Bonchev–Trinajstić information content (AvgIpc) is 3.21. The SMILES string of the molecule is CCC(N)c1nc2cccc(Cl)c2c(=O)n1C1CC1. The smallest absolute Gasteiger partial charge is 0.263 e. The van der Waals surface area contributed by atoms with E-state index in [1.165, 1.54) is 0 Å². The molecule has 0 spiro atoms. The summed E-state index contributed by atoms with van der Waals surface area (Å²) in [7, 11) is 0. The van der Waals surface area contributed by atoms with Crippen molar-refractivity contribution in [2.75, 3.05) is 0 Å². The normalized spacial score (nSPS) is 16.8. The van der Waals surface area contributed by atoms with Crippen LogP contribution in [0.25, 0.3) is 10.9 Å². The molecule has 3 rings (SSSR count). The summed E-state index contributed by atoms with van der Waals surface area (Å²) >= 11 is 6.14. The van der Waals surface area contributed by atoms with Crippen molar-refractivity contribution < 1.29 is 0 Å². The molecule has 1 atom stereocenters. The van der Waals surface area contributed by atoms with Crippen LogP contribution < -0.4 is 11.3 Å². The molecule has 1 aliphatic carbocycles. The maximum atomic E-state index is 12.7.